The van der Waals surface area contributed by atoms with Crippen molar-refractivity contribution in [2.24, 2.45) is 4.99 Å². The van der Waals surface area contributed by atoms with E-state index < -0.39 is 11.9 Å². The minimum absolute atomic E-state index is 0.0239. The third-order valence-corrected chi connectivity index (χ3v) is 5.62. The molecule has 3 aromatic rings. The minimum Gasteiger partial charge on any atom is -0.497 e. The zero-order valence-electron chi connectivity index (χ0n) is 17.0. The van der Waals surface area contributed by atoms with Gasteiger partial charge in [0.05, 0.1) is 23.3 Å². The van der Waals surface area contributed by atoms with Crippen molar-refractivity contribution in [3.63, 3.8) is 0 Å². The first-order chi connectivity index (χ1) is 15.8. The van der Waals surface area contributed by atoms with E-state index in [4.69, 9.17) is 37.4 Å². The topological polar surface area (TPSA) is 74.2 Å². The molecule has 0 aromatic heterocycles. The van der Waals surface area contributed by atoms with Crippen LogP contribution in [0.5, 0.6) is 11.5 Å². The molecule has 1 heterocycles. The standard InChI is InChI=1S/C24H14BrCl2NO5/c1-31-17-6-2-13(3-7-17)23(29)32-21-9-4-15(25)10-14(21)11-20-24(30)33-22(28-20)18-8-5-16(26)12-19(18)27/h2-12H,1H3/b20-11+. The summed E-state index contributed by atoms with van der Waals surface area (Å²) in [4.78, 5) is 29.3. The molecule has 0 saturated heterocycles. The Labute approximate surface area is 207 Å². The van der Waals surface area contributed by atoms with Crippen LogP contribution in [0.3, 0.4) is 0 Å². The zero-order valence-corrected chi connectivity index (χ0v) is 20.1. The van der Waals surface area contributed by atoms with Crippen LogP contribution in [-0.4, -0.2) is 24.9 Å². The van der Waals surface area contributed by atoms with Crippen molar-refractivity contribution in [3.8, 4) is 11.5 Å². The Morgan fingerprint density at radius 1 is 1.06 bits per heavy atom. The van der Waals surface area contributed by atoms with Gasteiger partial charge in [-0.05, 0) is 66.7 Å². The highest BCUT2D eigenvalue weighted by atomic mass is 79.9. The van der Waals surface area contributed by atoms with Crippen molar-refractivity contribution in [2.75, 3.05) is 7.11 Å². The van der Waals surface area contributed by atoms with E-state index in [2.05, 4.69) is 20.9 Å². The molecule has 33 heavy (non-hydrogen) atoms. The average molecular weight is 547 g/mol. The lowest BCUT2D eigenvalue weighted by atomic mass is 10.1. The van der Waals surface area contributed by atoms with Crippen LogP contribution >= 0.6 is 39.1 Å². The van der Waals surface area contributed by atoms with E-state index in [0.717, 1.165) is 4.47 Å². The van der Waals surface area contributed by atoms with Gasteiger partial charge in [-0.25, -0.2) is 14.6 Å². The Morgan fingerprint density at radius 3 is 2.52 bits per heavy atom. The molecule has 9 heteroatoms. The SMILES string of the molecule is COc1ccc(C(=O)Oc2ccc(Br)cc2/C=C2/N=C(c3ccc(Cl)cc3Cl)OC2=O)cc1. The summed E-state index contributed by atoms with van der Waals surface area (Å²) in [6, 6.07) is 16.3. The Kier molecular flexibility index (Phi) is 6.83. The maximum Gasteiger partial charge on any atom is 0.363 e. The molecule has 0 fully saturated rings. The quantitative estimate of drug-likeness (QED) is 0.212. The first-order valence-electron chi connectivity index (χ1n) is 9.48. The first-order valence-corrected chi connectivity index (χ1v) is 11.0. The summed E-state index contributed by atoms with van der Waals surface area (Å²) < 4.78 is 16.7. The van der Waals surface area contributed by atoms with Crippen LogP contribution in [0, 0.1) is 0 Å². The molecule has 0 unspecified atom stereocenters. The number of carbonyl (C=O) groups excluding carboxylic acids is 2. The number of benzene rings is 3. The summed E-state index contributed by atoms with van der Waals surface area (Å²) in [6.45, 7) is 0. The van der Waals surface area contributed by atoms with E-state index in [1.165, 1.54) is 19.3 Å². The van der Waals surface area contributed by atoms with Crippen LogP contribution in [0.2, 0.25) is 10.0 Å². The van der Waals surface area contributed by atoms with Crippen LogP contribution in [0.4, 0.5) is 0 Å². The summed E-state index contributed by atoms with van der Waals surface area (Å²) in [5, 5.41) is 0.744. The molecule has 0 aliphatic carbocycles. The number of methoxy groups -OCH3 is 1. The van der Waals surface area contributed by atoms with Gasteiger partial charge < -0.3 is 14.2 Å². The van der Waals surface area contributed by atoms with Crippen LogP contribution in [0.25, 0.3) is 6.08 Å². The Balaban J connectivity index is 1.64. The summed E-state index contributed by atoms with van der Waals surface area (Å²) in [5.41, 5.74) is 1.25. The van der Waals surface area contributed by atoms with E-state index >= 15 is 0 Å². The number of rotatable bonds is 5. The number of hydrogen-bond acceptors (Lipinski definition) is 6. The molecule has 6 nitrogen and oxygen atoms in total. The molecule has 166 valence electrons. The number of halogens is 3. The fraction of sp³-hybridized carbons (Fsp3) is 0.0417. The van der Waals surface area contributed by atoms with Crippen molar-refractivity contribution < 1.29 is 23.8 Å². The van der Waals surface area contributed by atoms with Crippen molar-refractivity contribution in [3.05, 3.63) is 97.6 Å². The van der Waals surface area contributed by atoms with Crippen molar-refractivity contribution in [1.82, 2.24) is 0 Å². The van der Waals surface area contributed by atoms with Gasteiger partial charge in [-0.15, -0.1) is 0 Å². The van der Waals surface area contributed by atoms with Crippen LogP contribution in [0.15, 0.2) is 75.8 Å². The van der Waals surface area contributed by atoms with E-state index in [0.29, 0.717) is 32.5 Å². The van der Waals surface area contributed by atoms with Gasteiger partial charge in [-0.2, -0.15) is 0 Å². The molecule has 4 rings (SSSR count). The second kappa shape index (κ2) is 9.79. The lowest BCUT2D eigenvalue weighted by Gasteiger charge is -2.09. The Bertz CT molecular complexity index is 1320. The molecular weight excluding hydrogens is 533 g/mol. The lowest BCUT2D eigenvalue weighted by molar-refractivity contribution is -0.129. The molecule has 1 aliphatic rings. The smallest absolute Gasteiger partial charge is 0.363 e. The molecule has 0 amide bonds. The minimum atomic E-state index is -0.663. The third kappa shape index (κ3) is 5.27. The van der Waals surface area contributed by atoms with Gasteiger partial charge in [0.25, 0.3) is 0 Å². The highest BCUT2D eigenvalue weighted by Gasteiger charge is 2.26. The predicted octanol–water partition coefficient (Wildman–Crippen LogP) is 6.33. The van der Waals surface area contributed by atoms with Crippen molar-refractivity contribution in [1.29, 1.82) is 0 Å². The lowest BCUT2D eigenvalue weighted by Crippen LogP contribution is -2.09. The fourth-order valence-electron chi connectivity index (χ4n) is 2.95. The first kappa shape index (κ1) is 23.0. The zero-order chi connectivity index (χ0) is 23.5. The number of carbonyl (C=O) groups is 2. The van der Waals surface area contributed by atoms with E-state index in [9.17, 15) is 9.59 Å². The largest absolute Gasteiger partial charge is 0.497 e. The third-order valence-electron chi connectivity index (χ3n) is 4.57. The maximum absolute atomic E-state index is 12.6. The molecule has 0 atom stereocenters. The van der Waals surface area contributed by atoms with Gasteiger partial charge in [0.1, 0.15) is 11.5 Å². The average Bonchev–Trinajstić information content (AvgIpc) is 3.15. The number of hydrogen-bond donors (Lipinski definition) is 0. The normalized spacial score (nSPS) is 14.1. The molecule has 0 radical (unpaired) electrons. The second-order valence-electron chi connectivity index (χ2n) is 6.76. The molecule has 0 bridgehead atoms. The summed E-state index contributed by atoms with van der Waals surface area (Å²) in [6.07, 6.45) is 1.47. The Morgan fingerprint density at radius 2 is 1.82 bits per heavy atom. The molecule has 0 N–H and O–H groups in total. The number of ether oxygens (including phenoxy) is 3. The number of nitrogens with zero attached hydrogens (tertiary/aromatic N) is 1. The van der Waals surface area contributed by atoms with Gasteiger partial charge in [-0.1, -0.05) is 39.1 Å². The number of cyclic esters (lactones) is 1. The fourth-order valence-corrected chi connectivity index (χ4v) is 3.81. The molecule has 1 aliphatic heterocycles. The van der Waals surface area contributed by atoms with Crippen LogP contribution in [0.1, 0.15) is 21.5 Å². The van der Waals surface area contributed by atoms with E-state index in [-0.39, 0.29) is 17.3 Å². The summed E-state index contributed by atoms with van der Waals surface area (Å²) in [7, 11) is 1.54. The van der Waals surface area contributed by atoms with Gasteiger partial charge >= 0.3 is 11.9 Å². The van der Waals surface area contributed by atoms with E-state index in [1.807, 2.05) is 0 Å². The predicted molar refractivity (Wildman–Crippen MR) is 129 cm³/mol. The molecule has 0 saturated carbocycles. The summed E-state index contributed by atoms with van der Waals surface area (Å²) >= 11 is 15.5. The van der Waals surface area contributed by atoms with Crippen molar-refractivity contribution >= 4 is 63.0 Å². The number of aliphatic imine (C=N–C) groups is 1. The molecular formula is C24H14BrCl2NO5. The Hall–Kier alpha value is -3.13. The highest BCUT2D eigenvalue weighted by Crippen LogP contribution is 2.30. The van der Waals surface area contributed by atoms with Crippen molar-refractivity contribution in [2.45, 2.75) is 0 Å². The van der Waals surface area contributed by atoms with Gasteiger partial charge in [-0.3, -0.25) is 0 Å². The van der Waals surface area contributed by atoms with Gasteiger partial charge in [0.2, 0.25) is 5.90 Å². The van der Waals surface area contributed by atoms with Gasteiger partial charge in [0.15, 0.2) is 5.70 Å². The number of esters is 2. The van der Waals surface area contributed by atoms with Crippen LogP contribution < -0.4 is 9.47 Å². The highest BCUT2D eigenvalue weighted by molar-refractivity contribution is 9.10. The molecule has 0 spiro atoms. The maximum atomic E-state index is 12.6. The molecule has 3 aromatic carbocycles. The van der Waals surface area contributed by atoms with E-state index in [1.54, 1.807) is 54.6 Å². The van der Waals surface area contributed by atoms with Gasteiger partial charge in [0, 0.05) is 15.1 Å². The van der Waals surface area contributed by atoms with Crippen LogP contribution in [-0.2, 0) is 9.53 Å². The second-order valence-corrected chi connectivity index (χ2v) is 8.52. The monoisotopic (exact) mass is 545 g/mol. The summed E-state index contributed by atoms with van der Waals surface area (Å²) in [5.74, 6) is -0.309.